The monoisotopic (exact) mass is 1140 g/mol. The van der Waals surface area contributed by atoms with Crippen molar-refractivity contribution in [1.29, 1.82) is 0 Å². The Morgan fingerprint density at radius 2 is 0.623 bits per heavy atom. The Labute approximate surface area is 467 Å². The summed E-state index contributed by atoms with van der Waals surface area (Å²) in [5.74, 6) is -1.35. The molecule has 0 bridgehead atoms. The maximum atomic E-state index is 12.9. The summed E-state index contributed by atoms with van der Waals surface area (Å²) in [6.07, 6.45) is 33.7. The van der Waals surface area contributed by atoms with Crippen LogP contribution >= 0.6 is 15.6 Å². The summed E-state index contributed by atoms with van der Waals surface area (Å²) < 4.78 is 67.5. The number of hydrogen-bond donors (Lipinski definition) is 3. The van der Waals surface area contributed by atoms with Crippen LogP contribution in [0.4, 0.5) is 0 Å². The van der Waals surface area contributed by atoms with Gasteiger partial charge < -0.3 is 33.8 Å². The van der Waals surface area contributed by atoms with Gasteiger partial charge in [0, 0.05) is 25.7 Å². The van der Waals surface area contributed by atoms with Crippen LogP contribution in [0.25, 0.3) is 0 Å². The van der Waals surface area contributed by atoms with Gasteiger partial charge in [0.05, 0.1) is 26.4 Å². The molecule has 6 atom stereocenters. The SMILES string of the molecule is CCCCCCCCCCCCC(=O)OC[C@H](COP(=O)(O)OC[C@@H](O)COP(=O)(O)OC[C@@H](COC(=O)CCCCCCC)OC(=O)CCCCCCCCCC)OC(=O)CCCCCCCCCCCCC(C)CC. The lowest BCUT2D eigenvalue weighted by molar-refractivity contribution is -0.161. The highest BCUT2D eigenvalue weighted by molar-refractivity contribution is 7.47. The number of hydrogen-bond acceptors (Lipinski definition) is 15. The first-order valence-corrected chi connectivity index (χ1v) is 33.7. The normalized spacial score (nSPS) is 14.8. The molecule has 0 aromatic carbocycles. The molecule has 0 heterocycles. The average Bonchev–Trinajstić information content (AvgIpc) is 3.40. The van der Waals surface area contributed by atoms with E-state index in [-0.39, 0.29) is 25.7 Å². The minimum absolute atomic E-state index is 0.104. The number of ether oxygens (including phenoxy) is 4. The lowest BCUT2D eigenvalue weighted by atomic mass is 9.99. The van der Waals surface area contributed by atoms with Gasteiger partial charge in [-0.1, -0.05) is 234 Å². The van der Waals surface area contributed by atoms with E-state index in [1.807, 2.05) is 0 Å². The van der Waals surface area contributed by atoms with Crippen LogP contribution in [0.5, 0.6) is 0 Å². The largest absolute Gasteiger partial charge is 0.472 e. The maximum absolute atomic E-state index is 12.9. The first-order valence-electron chi connectivity index (χ1n) is 30.7. The number of rotatable bonds is 58. The minimum Gasteiger partial charge on any atom is -0.462 e. The second-order valence-corrected chi connectivity index (χ2v) is 24.2. The van der Waals surface area contributed by atoms with Crippen molar-refractivity contribution in [1.82, 2.24) is 0 Å². The fourth-order valence-electron chi connectivity index (χ4n) is 8.49. The molecule has 0 aliphatic rings. The molecule has 3 unspecified atom stereocenters. The minimum atomic E-state index is -4.94. The zero-order chi connectivity index (χ0) is 57.1. The molecule has 0 aliphatic carbocycles. The number of phosphoric acid groups is 2. The fraction of sp³-hybridized carbons (Fsp3) is 0.931. The summed E-state index contributed by atoms with van der Waals surface area (Å²) in [6.45, 7) is 7.05. The van der Waals surface area contributed by atoms with Gasteiger partial charge in [0.25, 0.3) is 0 Å². The van der Waals surface area contributed by atoms with E-state index >= 15 is 0 Å². The van der Waals surface area contributed by atoms with Crippen molar-refractivity contribution in [2.75, 3.05) is 39.6 Å². The van der Waals surface area contributed by atoms with Gasteiger partial charge in [-0.2, -0.15) is 0 Å². The highest BCUT2D eigenvalue weighted by Gasteiger charge is 2.30. The van der Waals surface area contributed by atoms with E-state index in [1.54, 1.807) is 0 Å². The van der Waals surface area contributed by atoms with E-state index < -0.39 is 97.5 Å². The Kier molecular flexibility index (Phi) is 50.8. The van der Waals surface area contributed by atoms with E-state index in [0.717, 1.165) is 109 Å². The summed E-state index contributed by atoms with van der Waals surface area (Å²) in [7, 11) is -9.86. The third kappa shape index (κ3) is 51.9. The molecule has 77 heavy (non-hydrogen) atoms. The van der Waals surface area contributed by atoms with Crippen LogP contribution in [0.1, 0.15) is 285 Å². The molecule has 19 heteroatoms. The predicted octanol–water partition coefficient (Wildman–Crippen LogP) is 15.5. The van der Waals surface area contributed by atoms with Gasteiger partial charge in [0.2, 0.25) is 0 Å². The average molecular weight is 1140 g/mol. The Hall–Kier alpha value is -1.94. The Balaban J connectivity index is 5.17. The van der Waals surface area contributed by atoms with E-state index in [9.17, 15) is 43.2 Å². The van der Waals surface area contributed by atoms with Crippen LogP contribution in [0.3, 0.4) is 0 Å². The summed E-state index contributed by atoms with van der Waals surface area (Å²) >= 11 is 0. The van der Waals surface area contributed by atoms with Crippen molar-refractivity contribution in [3.63, 3.8) is 0 Å². The number of carbonyl (C=O) groups excluding carboxylic acids is 4. The predicted molar refractivity (Wildman–Crippen MR) is 303 cm³/mol. The van der Waals surface area contributed by atoms with E-state index in [0.29, 0.717) is 25.7 Å². The zero-order valence-electron chi connectivity index (χ0n) is 49.1. The van der Waals surface area contributed by atoms with Crippen LogP contribution in [0.2, 0.25) is 0 Å². The molecule has 456 valence electrons. The number of aliphatic hydroxyl groups excluding tert-OH is 1. The van der Waals surface area contributed by atoms with E-state index in [2.05, 4.69) is 34.6 Å². The second-order valence-electron chi connectivity index (χ2n) is 21.3. The van der Waals surface area contributed by atoms with Gasteiger partial charge in [-0.3, -0.25) is 37.3 Å². The summed E-state index contributed by atoms with van der Waals surface area (Å²) in [4.78, 5) is 71.6. The zero-order valence-corrected chi connectivity index (χ0v) is 50.9. The first-order chi connectivity index (χ1) is 37.1. The van der Waals surface area contributed by atoms with Crippen LogP contribution in [-0.4, -0.2) is 96.7 Å². The van der Waals surface area contributed by atoms with Gasteiger partial charge in [-0.05, 0) is 31.6 Å². The highest BCUT2D eigenvalue weighted by atomic mass is 31.2. The third-order valence-electron chi connectivity index (χ3n) is 13.6. The molecule has 3 N–H and O–H groups in total. The lowest BCUT2D eigenvalue weighted by Crippen LogP contribution is -2.30. The molecule has 0 radical (unpaired) electrons. The van der Waals surface area contributed by atoms with Crippen LogP contribution < -0.4 is 0 Å². The Morgan fingerprint density at radius 3 is 0.922 bits per heavy atom. The molecule has 0 saturated heterocycles. The molecular formula is C58H112O17P2. The molecule has 0 saturated carbocycles. The Morgan fingerprint density at radius 1 is 0.364 bits per heavy atom. The van der Waals surface area contributed by atoms with E-state index in [1.165, 1.54) is 96.3 Å². The molecular weight excluding hydrogens is 1030 g/mol. The quantitative estimate of drug-likeness (QED) is 0.0222. The van der Waals surface area contributed by atoms with Crippen LogP contribution in [0, 0.1) is 5.92 Å². The van der Waals surface area contributed by atoms with Gasteiger partial charge >= 0.3 is 39.5 Å². The molecule has 0 spiro atoms. The number of unbranched alkanes of at least 4 members (excludes halogenated alkanes) is 29. The van der Waals surface area contributed by atoms with Crippen molar-refractivity contribution < 1.29 is 80.2 Å². The first kappa shape index (κ1) is 75.1. The topological polar surface area (TPSA) is 237 Å². The second kappa shape index (κ2) is 52.2. The van der Waals surface area contributed by atoms with Crippen molar-refractivity contribution >= 4 is 39.5 Å². The Bertz CT molecular complexity index is 1520. The van der Waals surface area contributed by atoms with Gasteiger partial charge in [0.1, 0.15) is 19.3 Å². The van der Waals surface area contributed by atoms with Gasteiger partial charge in [-0.25, -0.2) is 9.13 Å². The standard InChI is InChI=1S/C58H112O17P2/c1-6-10-13-16-18-20-24-28-32-37-42-56(61)69-48-54(75-58(63)44-39-34-29-25-22-21-23-26-31-35-40-51(5)9-4)50-73-77(66,67)71-46-52(59)45-70-76(64,65)72-49-53(47-68-55(60)41-36-30-15-12-8-3)74-57(62)43-38-33-27-19-17-14-11-7-2/h51-54,59H,6-50H2,1-5H3,(H,64,65)(H,66,67)/t51?,52-,53+,54+/m0/s1. The number of phosphoric ester groups is 2. The van der Waals surface area contributed by atoms with Crippen molar-refractivity contribution in [3.8, 4) is 0 Å². The molecule has 0 amide bonds. The summed E-state index contributed by atoms with van der Waals surface area (Å²) in [6, 6.07) is 0. The van der Waals surface area contributed by atoms with Gasteiger partial charge in [0.15, 0.2) is 12.2 Å². The van der Waals surface area contributed by atoms with Gasteiger partial charge in [-0.15, -0.1) is 0 Å². The van der Waals surface area contributed by atoms with Crippen LogP contribution in [0.15, 0.2) is 0 Å². The van der Waals surface area contributed by atoms with Crippen molar-refractivity contribution in [3.05, 3.63) is 0 Å². The summed E-state index contributed by atoms with van der Waals surface area (Å²) in [5, 5.41) is 10.5. The molecule has 0 rings (SSSR count). The molecule has 0 fully saturated rings. The van der Waals surface area contributed by atoms with Crippen molar-refractivity contribution in [2.45, 2.75) is 303 Å². The molecule has 0 aromatic heterocycles. The smallest absolute Gasteiger partial charge is 0.462 e. The highest BCUT2D eigenvalue weighted by Crippen LogP contribution is 2.45. The molecule has 0 aliphatic heterocycles. The van der Waals surface area contributed by atoms with Crippen LogP contribution in [-0.2, 0) is 65.4 Å². The third-order valence-corrected chi connectivity index (χ3v) is 15.5. The molecule has 0 aromatic rings. The van der Waals surface area contributed by atoms with E-state index in [4.69, 9.17) is 37.0 Å². The lowest BCUT2D eigenvalue weighted by Gasteiger charge is -2.21. The molecule has 17 nitrogen and oxygen atoms in total. The maximum Gasteiger partial charge on any atom is 0.472 e. The number of aliphatic hydroxyl groups is 1. The van der Waals surface area contributed by atoms with Crippen molar-refractivity contribution in [2.24, 2.45) is 5.92 Å². The summed E-state index contributed by atoms with van der Waals surface area (Å²) in [5.41, 5.74) is 0. The fourth-order valence-corrected chi connectivity index (χ4v) is 10.1. The number of esters is 4. The number of carbonyl (C=O) groups is 4.